The number of nitrogens with one attached hydrogen (secondary N) is 1. The third kappa shape index (κ3) is 2.20. The second-order valence-electron chi connectivity index (χ2n) is 5.30. The summed E-state index contributed by atoms with van der Waals surface area (Å²) in [5.41, 5.74) is 1.38. The number of H-pyrrole nitrogens is 1. The van der Waals surface area contributed by atoms with Crippen molar-refractivity contribution < 1.29 is 10.0 Å². The van der Waals surface area contributed by atoms with Crippen molar-refractivity contribution in [2.75, 3.05) is 18.0 Å². The van der Waals surface area contributed by atoms with Crippen LogP contribution in [0.25, 0.3) is 11.0 Å². The van der Waals surface area contributed by atoms with Gasteiger partial charge in [0.25, 0.3) is 5.69 Å². The first-order valence-corrected chi connectivity index (χ1v) is 6.62. The number of fused-ring (bicyclic) bond motifs is 1. The third-order valence-electron chi connectivity index (χ3n) is 3.88. The van der Waals surface area contributed by atoms with Gasteiger partial charge < -0.3 is 15.0 Å². The Hall–Kier alpha value is -2.15. The SMILES string of the molecule is CC1CCN(c2nc3ccc([N+](=O)[O-])cc3[nH]2)CC1O. The molecule has 7 heteroatoms. The number of piperidine rings is 1. The summed E-state index contributed by atoms with van der Waals surface area (Å²) in [4.78, 5) is 19.8. The number of benzene rings is 1. The molecule has 1 aliphatic rings. The van der Waals surface area contributed by atoms with Crippen LogP contribution in [0.5, 0.6) is 0 Å². The number of rotatable bonds is 2. The van der Waals surface area contributed by atoms with Gasteiger partial charge in [0.05, 0.1) is 22.1 Å². The Morgan fingerprint density at radius 2 is 2.35 bits per heavy atom. The van der Waals surface area contributed by atoms with Crippen LogP contribution in [-0.4, -0.2) is 39.2 Å². The van der Waals surface area contributed by atoms with Gasteiger partial charge in [0.15, 0.2) is 0 Å². The molecule has 0 amide bonds. The highest BCUT2D eigenvalue weighted by Gasteiger charge is 2.26. The molecule has 0 radical (unpaired) electrons. The van der Waals surface area contributed by atoms with Crippen molar-refractivity contribution in [3.05, 3.63) is 28.3 Å². The number of nitrogens with zero attached hydrogens (tertiary/aromatic N) is 3. The minimum absolute atomic E-state index is 0.0417. The van der Waals surface area contributed by atoms with Crippen molar-refractivity contribution >= 4 is 22.7 Å². The molecule has 2 atom stereocenters. The lowest BCUT2D eigenvalue weighted by atomic mass is 9.96. The van der Waals surface area contributed by atoms with Crippen LogP contribution in [-0.2, 0) is 0 Å². The predicted octanol–water partition coefficient (Wildman–Crippen LogP) is 1.68. The molecular formula is C13H16N4O3. The lowest BCUT2D eigenvalue weighted by molar-refractivity contribution is -0.384. The number of aliphatic hydroxyl groups excluding tert-OH is 1. The smallest absolute Gasteiger partial charge is 0.271 e. The molecule has 1 saturated heterocycles. The number of aliphatic hydroxyl groups is 1. The van der Waals surface area contributed by atoms with Crippen LogP contribution < -0.4 is 4.90 Å². The summed E-state index contributed by atoms with van der Waals surface area (Å²) in [6.45, 7) is 3.38. The van der Waals surface area contributed by atoms with Gasteiger partial charge in [-0.2, -0.15) is 0 Å². The second-order valence-corrected chi connectivity index (χ2v) is 5.30. The highest BCUT2D eigenvalue weighted by atomic mass is 16.6. The van der Waals surface area contributed by atoms with Gasteiger partial charge in [-0.05, 0) is 18.4 Å². The lowest BCUT2D eigenvalue weighted by Crippen LogP contribution is -2.43. The summed E-state index contributed by atoms with van der Waals surface area (Å²) < 4.78 is 0. The summed E-state index contributed by atoms with van der Waals surface area (Å²) in [7, 11) is 0. The molecular weight excluding hydrogens is 260 g/mol. The molecule has 1 fully saturated rings. The van der Waals surface area contributed by atoms with Crippen LogP contribution in [0.2, 0.25) is 0 Å². The van der Waals surface area contributed by atoms with E-state index >= 15 is 0 Å². The van der Waals surface area contributed by atoms with E-state index in [1.165, 1.54) is 12.1 Å². The molecule has 0 spiro atoms. The Bertz CT molecular complexity index is 654. The van der Waals surface area contributed by atoms with Gasteiger partial charge >= 0.3 is 0 Å². The van der Waals surface area contributed by atoms with E-state index in [-0.39, 0.29) is 17.7 Å². The fourth-order valence-electron chi connectivity index (χ4n) is 2.49. The highest BCUT2D eigenvalue weighted by Crippen LogP contribution is 2.25. The van der Waals surface area contributed by atoms with Gasteiger partial charge in [0.2, 0.25) is 5.95 Å². The first kappa shape index (κ1) is 12.9. The van der Waals surface area contributed by atoms with E-state index in [0.717, 1.165) is 13.0 Å². The van der Waals surface area contributed by atoms with E-state index in [4.69, 9.17) is 0 Å². The van der Waals surface area contributed by atoms with E-state index in [9.17, 15) is 15.2 Å². The van der Waals surface area contributed by atoms with Crippen molar-refractivity contribution in [1.82, 2.24) is 9.97 Å². The van der Waals surface area contributed by atoms with Gasteiger partial charge in [0, 0.05) is 25.2 Å². The van der Waals surface area contributed by atoms with Crippen molar-refractivity contribution in [1.29, 1.82) is 0 Å². The molecule has 0 saturated carbocycles. The minimum Gasteiger partial charge on any atom is -0.391 e. The summed E-state index contributed by atoms with van der Waals surface area (Å²) in [6, 6.07) is 4.56. The summed E-state index contributed by atoms with van der Waals surface area (Å²) in [5, 5.41) is 20.7. The van der Waals surface area contributed by atoms with Crippen molar-refractivity contribution in [2.45, 2.75) is 19.4 Å². The maximum absolute atomic E-state index is 10.8. The zero-order valence-corrected chi connectivity index (χ0v) is 11.1. The highest BCUT2D eigenvalue weighted by molar-refractivity contribution is 5.80. The molecule has 3 rings (SSSR count). The largest absolute Gasteiger partial charge is 0.391 e. The van der Waals surface area contributed by atoms with E-state index in [1.807, 2.05) is 11.8 Å². The van der Waals surface area contributed by atoms with E-state index < -0.39 is 4.92 Å². The Kier molecular flexibility index (Phi) is 3.06. The molecule has 2 N–H and O–H groups in total. The molecule has 2 unspecified atom stereocenters. The number of nitro groups is 1. The molecule has 1 aromatic carbocycles. The van der Waals surface area contributed by atoms with Crippen molar-refractivity contribution in [3.63, 3.8) is 0 Å². The molecule has 7 nitrogen and oxygen atoms in total. The van der Waals surface area contributed by atoms with Crippen LogP contribution in [0.1, 0.15) is 13.3 Å². The molecule has 0 aliphatic carbocycles. The summed E-state index contributed by atoms with van der Waals surface area (Å²) in [6.07, 6.45) is 0.532. The van der Waals surface area contributed by atoms with Crippen LogP contribution >= 0.6 is 0 Å². The number of nitro benzene ring substituents is 1. The molecule has 106 valence electrons. The molecule has 1 aromatic heterocycles. The van der Waals surface area contributed by atoms with Crippen molar-refractivity contribution in [3.8, 4) is 0 Å². The van der Waals surface area contributed by atoms with E-state index in [1.54, 1.807) is 6.07 Å². The van der Waals surface area contributed by atoms with E-state index in [2.05, 4.69) is 9.97 Å². The fourth-order valence-corrected chi connectivity index (χ4v) is 2.49. The van der Waals surface area contributed by atoms with Gasteiger partial charge in [-0.3, -0.25) is 10.1 Å². The first-order chi connectivity index (χ1) is 9.54. The summed E-state index contributed by atoms with van der Waals surface area (Å²) in [5.74, 6) is 0.947. The Morgan fingerprint density at radius 1 is 1.55 bits per heavy atom. The number of hydrogen-bond donors (Lipinski definition) is 2. The maximum Gasteiger partial charge on any atom is 0.271 e. The number of hydrogen-bond acceptors (Lipinski definition) is 5. The first-order valence-electron chi connectivity index (χ1n) is 6.62. The number of aromatic nitrogens is 2. The van der Waals surface area contributed by atoms with E-state index in [0.29, 0.717) is 23.5 Å². The average molecular weight is 276 g/mol. The normalized spacial score (nSPS) is 23.2. The number of non-ortho nitro benzene ring substituents is 1. The molecule has 1 aliphatic heterocycles. The van der Waals surface area contributed by atoms with Crippen LogP contribution in [0, 0.1) is 16.0 Å². The van der Waals surface area contributed by atoms with Gasteiger partial charge in [-0.1, -0.05) is 6.92 Å². The lowest BCUT2D eigenvalue weighted by Gasteiger charge is -2.33. The number of β-amino-alcohol motifs (C(OH)–C–C–N with tert-alkyl or cyclic N) is 1. The zero-order chi connectivity index (χ0) is 14.3. The Morgan fingerprint density at radius 3 is 3.05 bits per heavy atom. The summed E-state index contributed by atoms with van der Waals surface area (Å²) >= 11 is 0. The van der Waals surface area contributed by atoms with Crippen LogP contribution in [0.3, 0.4) is 0 Å². The minimum atomic E-state index is -0.424. The molecule has 20 heavy (non-hydrogen) atoms. The molecule has 2 heterocycles. The van der Waals surface area contributed by atoms with Crippen LogP contribution in [0.15, 0.2) is 18.2 Å². The molecule has 2 aromatic rings. The maximum atomic E-state index is 10.8. The predicted molar refractivity (Wildman–Crippen MR) is 74.7 cm³/mol. The van der Waals surface area contributed by atoms with Crippen LogP contribution in [0.4, 0.5) is 11.6 Å². The Balaban J connectivity index is 1.91. The Labute approximate surface area is 115 Å². The zero-order valence-electron chi connectivity index (χ0n) is 11.1. The van der Waals surface area contributed by atoms with Gasteiger partial charge in [-0.25, -0.2) is 4.98 Å². The third-order valence-corrected chi connectivity index (χ3v) is 3.88. The topological polar surface area (TPSA) is 95.3 Å². The second kappa shape index (κ2) is 4.75. The molecule has 0 bridgehead atoms. The monoisotopic (exact) mass is 276 g/mol. The van der Waals surface area contributed by atoms with Crippen molar-refractivity contribution in [2.24, 2.45) is 5.92 Å². The quantitative estimate of drug-likeness (QED) is 0.642. The van der Waals surface area contributed by atoms with Gasteiger partial charge in [0.1, 0.15) is 0 Å². The number of imidazole rings is 1. The number of anilines is 1. The fraction of sp³-hybridized carbons (Fsp3) is 0.462. The standard InChI is InChI=1S/C13H16N4O3/c1-8-4-5-16(7-12(8)18)13-14-10-3-2-9(17(19)20)6-11(10)15-13/h2-3,6,8,12,18H,4-5,7H2,1H3,(H,14,15). The number of aromatic amines is 1. The average Bonchev–Trinajstić information content (AvgIpc) is 2.84. The van der Waals surface area contributed by atoms with Gasteiger partial charge in [-0.15, -0.1) is 0 Å².